The van der Waals surface area contributed by atoms with Gasteiger partial charge < -0.3 is 20.3 Å². The summed E-state index contributed by atoms with van der Waals surface area (Å²) in [4.78, 5) is 24.0. The Kier molecular flexibility index (Phi) is 7.07. The molecule has 1 aromatic heterocycles. The van der Waals surface area contributed by atoms with Gasteiger partial charge in [-0.3, -0.25) is 4.79 Å². The first-order chi connectivity index (χ1) is 15.6. The number of aromatic carboxylic acids is 1. The summed E-state index contributed by atoms with van der Waals surface area (Å²) in [6.45, 7) is 3.21. The quantitative estimate of drug-likeness (QED) is 0.460. The number of nitrogens with zero attached hydrogens (tertiary/aromatic N) is 2. The number of halogens is 2. The molecule has 2 atom stereocenters. The molecule has 2 aromatic carbocycles. The van der Waals surface area contributed by atoms with Crippen LogP contribution in [-0.4, -0.2) is 31.9 Å². The van der Waals surface area contributed by atoms with Gasteiger partial charge in [-0.1, -0.05) is 24.3 Å². The maximum atomic E-state index is 13.7. The minimum Gasteiger partial charge on any atom is -0.478 e. The van der Waals surface area contributed by atoms with Gasteiger partial charge in [0.2, 0.25) is 5.88 Å². The molecule has 33 heavy (non-hydrogen) atoms. The van der Waals surface area contributed by atoms with Gasteiger partial charge in [0.05, 0.1) is 17.7 Å². The Labute approximate surface area is 188 Å². The van der Waals surface area contributed by atoms with E-state index >= 15 is 0 Å². The number of aliphatic hydroxyl groups excluding tert-OH is 1. The number of carboxylic acid groups (broad SMARTS) is 1. The number of hydrogen-bond acceptors (Lipinski definition) is 5. The van der Waals surface area contributed by atoms with Crippen molar-refractivity contribution in [2.45, 2.75) is 32.4 Å². The van der Waals surface area contributed by atoms with Crippen LogP contribution >= 0.6 is 0 Å². The largest absolute Gasteiger partial charge is 0.478 e. The van der Waals surface area contributed by atoms with E-state index in [0.29, 0.717) is 11.1 Å². The van der Waals surface area contributed by atoms with E-state index in [0.717, 1.165) is 4.68 Å². The molecule has 0 aliphatic heterocycles. The van der Waals surface area contributed by atoms with E-state index in [4.69, 9.17) is 9.84 Å². The van der Waals surface area contributed by atoms with E-state index in [2.05, 4.69) is 10.4 Å². The van der Waals surface area contributed by atoms with Crippen LogP contribution in [0.2, 0.25) is 0 Å². The number of benzene rings is 2. The van der Waals surface area contributed by atoms with E-state index < -0.39 is 41.7 Å². The average Bonchev–Trinajstić information content (AvgIpc) is 3.10. The summed E-state index contributed by atoms with van der Waals surface area (Å²) in [6.07, 6.45) is -3.80. The SMILES string of the molecule is CC(O)c1cccc(Oc2c(C(=O)N[C@@H](C)c3ccc(C(=O)O)cc3)c(C(F)F)nn2C)c1. The number of ether oxygens (including phenoxy) is 1. The zero-order valence-electron chi connectivity index (χ0n) is 18.1. The minimum absolute atomic E-state index is 0.0830. The van der Waals surface area contributed by atoms with Crippen LogP contribution in [0.15, 0.2) is 48.5 Å². The fourth-order valence-corrected chi connectivity index (χ4v) is 3.23. The van der Waals surface area contributed by atoms with Gasteiger partial charge in [0.15, 0.2) is 0 Å². The maximum Gasteiger partial charge on any atom is 0.335 e. The van der Waals surface area contributed by atoms with E-state index in [1.54, 1.807) is 32.0 Å². The number of rotatable bonds is 8. The Morgan fingerprint density at radius 3 is 2.33 bits per heavy atom. The van der Waals surface area contributed by atoms with Crippen molar-refractivity contribution in [2.24, 2.45) is 7.05 Å². The molecule has 0 aliphatic carbocycles. The molecule has 0 saturated carbocycles. The number of carboxylic acids is 1. The minimum atomic E-state index is -3.02. The molecule has 0 bridgehead atoms. The van der Waals surface area contributed by atoms with E-state index in [9.17, 15) is 23.5 Å². The Balaban J connectivity index is 1.91. The van der Waals surface area contributed by atoms with Crippen molar-refractivity contribution in [3.63, 3.8) is 0 Å². The lowest BCUT2D eigenvalue weighted by atomic mass is 10.1. The topological polar surface area (TPSA) is 114 Å². The Bertz CT molecular complexity index is 1160. The van der Waals surface area contributed by atoms with Gasteiger partial charge in [-0.2, -0.15) is 5.10 Å². The molecule has 10 heteroatoms. The third-order valence-corrected chi connectivity index (χ3v) is 5.02. The van der Waals surface area contributed by atoms with Crippen LogP contribution < -0.4 is 10.1 Å². The summed E-state index contributed by atoms with van der Waals surface area (Å²) in [5.41, 5.74) is 0.0739. The predicted octanol–water partition coefficient (Wildman–Crippen LogP) is 4.39. The van der Waals surface area contributed by atoms with Crippen LogP contribution in [-0.2, 0) is 7.05 Å². The highest BCUT2D eigenvalue weighted by molar-refractivity contribution is 5.98. The van der Waals surface area contributed by atoms with Crippen molar-refractivity contribution < 1.29 is 33.3 Å². The molecule has 1 unspecified atom stereocenters. The van der Waals surface area contributed by atoms with E-state index in [1.807, 2.05) is 0 Å². The van der Waals surface area contributed by atoms with Crippen molar-refractivity contribution in [1.82, 2.24) is 15.1 Å². The van der Waals surface area contributed by atoms with Crippen LogP contribution in [0.1, 0.15) is 70.0 Å². The number of alkyl halides is 2. The Morgan fingerprint density at radius 1 is 1.09 bits per heavy atom. The second-order valence-corrected chi connectivity index (χ2v) is 7.46. The second kappa shape index (κ2) is 9.78. The summed E-state index contributed by atoms with van der Waals surface area (Å²) in [7, 11) is 1.38. The molecule has 0 aliphatic rings. The lowest BCUT2D eigenvalue weighted by Crippen LogP contribution is -2.27. The molecule has 174 valence electrons. The fourth-order valence-electron chi connectivity index (χ4n) is 3.23. The molecule has 0 fully saturated rings. The first-order valence-electron chi connectivity index (χ1n) is 10.0. The number of aliphatic hydroxyl groups is 1. The van der Waals surface area contributed by atoms with Crippen LogP contribution in [0.5, 0.6) is 11.6 Å². The molecule has 3 aromatic rings. The number of aromatic nitrogens is 2. The third kappa shape index (κ3) is 5.35. The molecule has 0 spiro atoms. The lowest BCUT2D eigenvalue weighted by Gasteiger charge is -2.16. The fraction of sp³-hybridized carbons (Fsp3) is 0.261. The highest BCUT2D eigenvalue weighted by atomic mass is 19.3. The molecule has 8 nitrogen and oxygen atoms in total. The highest BCUT2D eigenvalue weighted by Crippen LogP contribution is 2.33. The van der Waals surface area contributed by atoms with Gasteiger partial charge in [0.1, 0.15) is 17.0 Å². The smallest absolute Gasteiger partial charge is 0.335 e. The van der Waals surface area contributed by atoms with E-state index in [-0.39, 0.29) is 17.2 Å². The molecule has 0 saturated heterocycles. The van der Waals surface area contributed by atoms with Gasteiger partial charge in [-0.25, -0.2) is 18.3 Å². The molecule has 0 radical (unpaired) electrons. The number of aryl methyl sites for hydroxylation is 1. The summed E-state index contributed by atoms with van der Waals surface area (Å²) in [6, 6.07) is 11.6. The van der Waals surface area contributed by atoms with Crippen LogP contribution in [0.4, 0.5) is 8.78 Å². The summed E-state index contributed by atoms with van der Waals surface area (Å²) < 4.78 is 34.1. The first-order valence-corrected chi connectivity index (χ1v) is 10.0. The predicted molar refractivity (Wildman–Crippen MR) is 115 cm³/mol. The second-order valence-electron chi connectivity index (χ2n) is 7.46. The van der Waals surface area contributed by atoms with Crippen molar-refractivity contribution in [3.05, 3.63) is 76.5 Å². The van der Waals surface area contributed by atoms with Crippen molar-refractivity contribution >= 4 is 11.9 Å². The highest BCUT2D eigenvalue weighted by Gasteiger charge is 2.30. The van der Waals surface area contributed by atoms with Gasteiger partial charge in [-0.05, 0) is 49.2 Å². The lowest BCUT2D eigenvalue weighted by molar-refractivity contribution is 0.0696. The average molecular weight is 459 g/mol. The normalized spacial score (nSPS) is 12.9. The molecule has 3 N–H and O–H groups in total. The summed E-state index contributed by atoms with van der Waals surface area (Å²) in [5, 5.41) is 25.2. The number of amides is 1. The monoisotopic (exact) mass is 459 g/mol. The van der Waals surface area contributed by atoms with Crippen LogP contribution in [0.25, 0.3) is 0 Å². The van der Waals surface area contributed by atoms with Gasteiger partial charge in [0.25, 0.3) is 12.3 Å². The molecule has 3 rings (SSSR count). The van der Waals surface area contributed by atoms with Crippen molar-refractivity contribution in [1.29, 1.82) is 0 Å². The zero-order chi connectivity index (χ0) is 24.3. The third-order valence-electron chi connectivity index (χ3n) is 5.02. The number of carbonyl (C=O) groups excluding carboxylic acids is 1. The van der Waals surface area contributed by atoms with Crippen molar-refractivity contribution in [3.8, 4) is 11.6 Å². The Hall–Kier alpha value is -3.79. The standard InChI is InChI=1S/C23H23F2N3O5/c1-12(14-7-9-15(10-8-14)23(31)32)26-21(30)18-19(20(24)25)27-28(3)22(18)33-17-6-4-5-16(11-17)13(2)29/h4-13,20,29H,1-3H3,(H,26,30)(H,31,32)/t12-,13?/m0/s1. The molecule has 1 amide bonds. The first kappa shape index (κ1) is 23.9. The Morgan fingerprint density at radius 2 is 1.76 bits per heavy atom. The van der Waals surface area contributed by atoms with Crippen LogP contribution in [0, 0.1) is 0 Å². The number of nitrogens with one attached hydrogen (secondary N) is 1. The number of hydrogen-bond donors (Lipinski definition) is 3. The number of carbonyl (C=O) groups is 2. The summed E-state index contributed by atoms with van der Waals surface area (Å²) in [5.74, 6) is -1.85. The van der Waals surface area contributed by atoms with Gasteiger partial charge in [-0.15, -0.1) is 0 Å². The molecular formula is C23H23F2N3O5. The molecule has 1 heterocycles. The van der Waals surface area contributed by atoms with Crippen LogP contribution in [0.3, 0.4) is 0 Å². The van der Waals surface area contributed by atoms with E-state index in [1.165, 1.54) is 37.4 Å². The van der Waals surface area contributed by atoms with Crippen molar-refractivity contribution in [2.75, 3.05) is 0 Å². The van der Waals surface area contributed by atoms with Gasteiger partial charge in [0, 0.05) is 7.05 Å². The maximum absolute atomic E-state index is 13.7. The summed E-state index contributed by atoms with van der Waals surface area (Å²) >= 11 is 0. The molecular weight excluding hydrogens is 436 g/mol. The van der Waals surface area contributed by atoms with Gasteiger partial charge >= 0.3 is 5.97 Å². The zero-order valence-corrected chi connectivity index (χ0v) is 18.1.